The monoisotopic (exact) mass is 506 g/mol. The Morgan fingerprint density at radius 2 is 1.89 bits per heavy atom. The van der Waals surface area contributed by atoms with Crippen molar-refractivity contribution in [1.82, 2.24) is 15.8 Å². The van der Waals surface area contributed by atoms with Gasteiger partial charge in [-0.25, -0.2) is 13.4 Å². The molecular formula is C18H27IN4O3S. The number of sulfone groups is 1. The van der Waals surface area contributed by atoms with Gasteiger partial charge in [-0.05, 0) is 30.5 Å². The number of nitrogens with zero attached hydrogens (tertiary/aromatic N) is 2. The first-order chi connectivity index (χ1) is 12.3. The third-order valence-electron chi connectivity index (χ3n) is 3.71. The smallest absolute Gasteiger partial charge is 0.191 e. The molecule has 0 unspecified atom stereocenters. The van der Waals surface area contributed by atoms with Crippen LogP contribution in [0.3, 0.4) is 0 Å². The molecule has 2 rings (SSSR count). The average Bonchev–Trinajstić information content (AvgIpc) is 3.06. The third-order valence-corrected chi connectivity index (χ3v) is 4.84. The van der Waals surface area contributed by atoms with E-state index in [1.54, 1.807) is 24.3 Å². The molecule has 150 valence electrons. The lowest BCUT2D eigenvalue weighted by Gasteiger charge is -2.10. The summed E-state index contributed by atoms with van der Waals surface area (Å²) < 4.78 is 28.3. The molecule has 1 heterocycles. The van der Waals surface area contributed by atoms with Crippen LogP contribution in [-0.4, -0.2) is 32.3 Å². The van der Waals surface area contributed by atoms with Crippen molar-refractivity contribution >= 4 is 39.8 Å². The van der Waals surface area contributed by atoms with Crippen LogP contribution in [0.25, 0.3) is 0 Å². The van der Waals surface area contributed by atoms with E-state index in [1.165, 1.54) is 6.26 Å². The van der Waals surface area contributed by atoms with Crippen molar-refractivity contribution in [2.75, 3.05) is 12.8 Å². The Labute approximate surface area is 178 Å². The Morgan fingerprint density at radius 3 is 2.41 bits per heavy atom. The molecule has 0 aliphatic heterocycles. The second-order valence-electron chi connectivity index (χ2n) is 6.34. The minimum absolute atomic E-state index is 0. The minimum Gasteiger partial charge on any atom is -0.359 e. The maximum atomic E-state index is 11.5. The lowest BCUT2D eigenvalue weighted by atomic mass is 10.1. The van der Waals surface area contributed by atoms with Gasteiger partial charge < -0.3 is 15.2 Å². The number of rotatable bonds is 7. The van der Waals surface area contributed by atoms with Crippen LogP contribution in [0, 0.1) is 0 Å². The summed E-state index contributed by atoms with van der Waals surface area (Å²) >= 11 is 0. The summed E-state index contributed by atoms with van der Waals surface area (Å²) in [5, 5.41) is 10.4. The Morgan fingerprint density at radius 1 is 1.22 bits per heavy atom. The fourth-order valence-corrected chi connectivity index (χ4v) is 2.84. The lowest BCUT2D eigenvalue weighted by Crippen LogP contribution is -2.36. The van der Waals surface area contributed by atoms with Crippen LogP contribution in [-0.2, 0) is 22.9 Å². The molecule has 0 spiro atoms. The molecule has 0 aliphatic carbocycles. The first-order valence-electron chi connectivity index (χ1n) is 8.56. The molecule has 1 aromatic carbocycles. The standard InChI is InChI=1S/C18H26N4O3S.HI/c1-5-19-18(21-12-15-10-17(13(2)3)22-25-15)20-11-14-6-8-16(9-7-14)26(4,23)24;/h6-10,13H,5,11-12H2,1-4H3,(H2,19,20,21);1H. The number of guanidine groups is 1. The zero-order valence-electron chi connectivity index (χ0n) is 16.0. The quantitative estimate of drug-likeness (QED) is 0.341. The van der Waals surface area contributed by atoms with Crippen molar-refractivity contribution in [3.05, 3.63) is 47.3 Å². The van der Waals surface area contributed by atoms with Crippen LogP contribution in [0.1, 0.15) is 43.7 Å². The van der Waals surface area contributed by atoms with Crippen LogP contribution in [0.15, 0.2) is 44.7 Å². The van der Waals surface area contributed by atoms with Crippen LogP contribution in [0.4, 0.5) is 0 Å². The SMILES string of the molecule is CCNC(=NCc1ccc(S(C)(=O)=O)cc1)NCc1cc(C(C)C)no1.I. The second-order valence-corrected chi connectivity index (χ2v) is 8.35. The Hall–Kier alpha value is -1.62. The highest BCUT2D eigenvalue weighted by Crippen LogP contribution is 2.14. The first-order valence-corrected chi connectivity index (χ1v) is 10.5. The largest absolute Gasteiger partial charge is 0.359 e. The van der Waals surface area contributed by atoms with Crippen molar-refractivity contribution in [1.29, 1.82) is 0 Å². The molecule has 0 bridgehead atoms. The second kappa shape index (κ2) is 10.6. The number of aliphatic imine (C=N–C) groups is 1. The molecule has 0 saturated carbocycles. The van der Waals surface area contributed by atoms with Crippen molar-refractivity contribution < 1.29 is 12.9 Å². The van der Waals surface area contributed by atoms with E-state index in [-0.39, 0.29) is 24.0 Å². The van der Waals surface area contributed by atoms with Gasteiger partial charge >= 0.3 is 0 Å². The van der Waals surface area contributed by atoms with E-state index >= 15 is 0 Å². The summed E-state index contributed by atoms with van der Waals surface area (Å²) in [6, 6.07) is 8.68. The van der Waals surface area contributed by atoms with Crippen molar-refractivity contribution in [3.63, 3.8) is 0 Å². The van der Waals surface area contributed by atoms with E-state index in [4.69, 9.17) is 4.52 Å². The molecule has 27 heavy (non-hydrogen) atoms. The van der Waals surface area contributed by atoms with Crippen LogP contribution >= 0.6 is 24.0 Å². The Kier molecular flexibility index (Phi) is 9.23. The number of hydrogen-bond acceptors (Lipinski definition) is 5. The van der Waals surface area contributed by atoms with Gasteiger partial charge in [-0.1, -0.05) is 31.1 Å². The number of benzene rings is 1. The van der Waals surface area contributed by atoms with Crippen LogP contribution < -0.4 is 10.6 Å². The molecule has 2 N–H and O–H groups in total. The molecule has 2 aromatic rings. The van der Waals surface area contributed by atoms with Crippen molar-refractivity contribution in [3.8, 4) is 0 Å². The maximum Gasteiger partial charge on any atom is 0.191 e. The van der Waals surface area contributed by atoms with Crippen molar-refractivity contribution in [2.24, 2.45) is 4.99 Å². The fraction of sp³-hybridized carbons (Fsp3) is 0.444. The molecule has 7 nitrogen and oxygen atoms in total. The zero-order chi connectivity index (χ0) is 19.2. The topological polar surface area (TPSA) is 96.6 Å². The number of hydrogen-bond donors (Lipinski definition) is 2. The van der Waals surface area contributed by atoms with Gasteiger partial charge in [0.1, 0.15) is 0 Å². The van der Waals surface area contributed by atoms with E-state index in [1.807, 2.05) is 13.0 Å². The van der Waals surface area contributed by atoms with Gasteiger partial charge in [-0.2, -0.15) is 0 Å². The Bertz CT molecular complexity index is 846. The molecule has 0 radical (unpaired) electrons. The number of nitrogens with one attached hydrogen (secondary N) is 2. The first kappa shape index (κ1) is 23.4. The van der Waals surface area contributed by atoms with Gasteiger partial charge in [0.2, 0.25) is 0 Å². The molecule has 0 fully saturated rings. The average molecular weight is 506 g/mol. The van der Waals surface area contributed by atoms with Gasteiger partial charge in [0.25, 0.3) is 0 Å². The van der Waals surface area contributed by atoms with Gasteiger partial charge in [0.15, 0.2) is 21.6 Å². The van der Waals surface area contributed by atoms with Gasteiger partial charge in [-0.15, -0.1) is 24.0 Å². The lowest BCUT2D eigenvalue weighted by molar-refractivity contribution is 0.372. The van der Waals surface area contributed by atoms with E-state index in [2.05, 4.69) is 34.6 Å². The normalized spacial score (nSPS) is 12.0. The van der Waals surface area contributed by atoms with E-state index in [0.717, 1.165) is 23.6 Å². The summed E-state index contributed by atoms with van der Waals surface area (Å²) in [7, 11) is -3.18. The highest BCUT2D eigenvalue weighted by atomic mass is 127. The van der Waals surface area contributed by atoms with Gasteiger partial charge in [-0.3, -0.25) is 0 Å². The molecule has 9 heteroatoms. The molecule has 0 saturated heterocycles. The summed E-state index contributed by atoms with van der Waals surface area (Å²) in [5.74, 6) is 1.73. The van der Waals surface area contributed by atoms with E-state index < -0.39 is 9.84 Å². The van der Waals surface area contributed by atoms with Crippen molar-refractivity contribution in [2.45, 2.75) is 44.7 Å². The number of aromatic nitrogens is 1. The maximum absolute atomic E-state index is 11.5. The third kappa shape index (κ3) is 7.49. The zero-order valence-corrected chi connectivity index (χ0v) is 19.2. The molecule has 1 aromatic heterocycles. The van der Waals surface area contributed by atoms with Gasteiger partial charge in [0, 0.05) is 18.9 Å². The highest BCUT2D eigenvalue weighted by molar-refractivity contribution is 14.0. The van der Waals surface area contributed by atoms with Gasteiger partial charge in [0.05, 0.1) is 23.7 Å². The van der Waals surface area contributed by atoms with Crippen LogP contribution in [0.5, 0.6) is 0 Å². The van der Waals surface area contributed by atoms with Crippen LogP contribution in [0.2, 0.25) is 0 Å². The number of halogens is 1. The predicted molar refractivity (Wildman–Crippen MR) is 117 cm³/mol. The molecule has 0 amide bonds. The molecule has 0 aliphatic rings. The molecule has 0 atom stereocenters. The summed E-state index contributed by atoms with van der Waals surface area (Å²) in [6.45, 7) is 7.77. The Balaban J connectivity index is 0.00000364. The fourth-order valence-electron chi connectivity index (χ4n) is 2.21. The predicted octanol–water partition coefficient (Wildman–Crippen LogP) is 3.07. The van der Waals surface area contributed by atoms with E-state index in [9.17, 15) is 8.42 Å². The molecular weight excluding hydrogens is 479 g/mol. The highest BCUT2D eigenvalue weighted by Gasteiger charge is 2.09. The summed E-state index contributed by atoms with van der Waals surface area (Å²) in [6.07, 6.45) is 1.20. The summed E-state index contributed by atoms with van der Waals surface area (Å²) in [5.41, 5.74) is 1.85. The van der Waals surface area contributed by atoms with E-state index in [0.29, 0.717) is 29.9 Å². The minimum atomic E-state index is -3.18. The summed E-state index contributed by atoms with van der Waals surface area (Å²) in [4.78, 5) is 4.82.